The molecule has 7 rings (SSSR count). The van der Waals surface area contributed by atoms with Crippen molar-refractivity contribution in [2.24, 2.45) is 23.7 Å². The molecular weight excluding hydrogens is 422 g/mol. The van der Waals surface area contributed by atoms with Crippen LogP contribution in [0.3, 0.4) is 0 Å². The van der Waals surface area contributed by atoms with Crippen molar-refractivity contribution in [3.8, 4) is 16.9 Å². The summed E-state index contributed by atoms with van der Waals surface area (Å²) in [6.07, 6.45) is 6.16. The third-order valence-electron chi connectivity index (χ3n) is 7.93. The number of nitrogens with one attached hydrogen (secondary N) is 1. The van der Waals surface area contributed by atoms with E-state index >= 15 is 0 Å². The molecule has 0 aliphatic heterocycles. The second-order valence-electron chi connectivity index (χ2n) is 10.3. The molecule has 34 heavy (non-hydrogen) atoms. The van der Waals surface area contributed by atoms with Crippen molar-refractivity contribution in [1.29, 1.82) is 0 Å². The molecule has 4 nitrogen and oxygen atoms in total. The highest BCUT2D eigenvalue weighted by molar-refractivity contribution is 5.85. The quantitative estimate of drug-likeness (QED) is 0.426. The lowest BCUT2D eigenvalue weighted by molar-refractivity contribution is -0.0933. The maximum Gasteiger partial charge on any atom is 0.411 e. The van der Waals surface area contributed by atoms with E-state index in [1.807, 2.05) is 60.7 Å². The first-order valence-corrected chi connectivity index (χ1v) is 12.5. The number of ether oxygens (including phenoxy) is 2. The van der Waals surface area contributed by atoms with E-state index in [1.54, 1.807) is 0 Å². The summed E-state index contributed by atoms with van der Waals surface area (Å²) in [5.41, 5.74) is 4.05. The monoisotopic (exact) mass is 453 g/mol. The van der Waals surface area contributed by atoms with Crippen LogP contribution in [-0.4, -0.2) is 12.2 Å². The van der Waals surface area contributed by atoms with Crippen LogP contribution in [0.1, 0.15) is 37.7 Å². The second kappa shape index (κ2) is 9.17. The molecule has 0 saturated heterocycles. The van der Waals surface area contributed by atoms with Crippen molar-refractivity contribution >= 4 is 11.8 Å². The molecule has 1 N–H and O–H groups in total. The van der Waals surface area contributed by atoms with Crippen LogP contribution in [0, 0.1) is 23.7 Å². The number of carbonyl (C=O) groups excluding carboxylic acids is 1. The fraction of sp³-hybridized carbons (Fsp3) is 0.367. The fourth-order valence-electron chi connectivity index (χ4n) is 6.59. The SMILES string of the molecule is O=C(Nc1ccc(-c2cccc(OCc3ccccc3)c2)cc1)OC1C2CC3CC(C2)CC1C3. The molecule has 4 fully saturated rings. The van der Waals surface area contributed by atoms with Crippen molar-refractivity contribution in [3.63, 3.8) is 0 Å². The molecule has 4 aliphatic rings. The summed E-state index contributed by atoms with van der Waals surface area (Å²) in [5, 5.41) is 2.94. The van der Waals surface area contributed by atoms with Crippen molar-refractivity contribution in [2.45, 2.75) is 44.8 Å². The van der Waals surface area contributed by atoms with Crippen LogP contribution in [0.2, 0.25) is 0 Å². The average Bonchev–Trinajstić information content (AvgIpc) is 2.86. The molecule has 0 radical (unpaired) electrons. The number of carbonyl (C=O) groups is 1. The molecule has 0 aromatic heterocycles. The van der Waals surface area contributed by atoms with E-state index in [1.165, 1.54) is 32.1 Å². The Morgan fingerprint density at radius 2 is 1.47 bits per heavy atom. The zero-order valence-corrected chi connectivity index (χ0v) is 19.4. The predicted molar refractivity (Wildman–Crippen MR) is 134 cm³/mol. The summed E-state index contributed by atoms with van der Waals surface area (Å²) in [6, 6.07) is 26.2. The van der Waals surface area contributed by atoms with Crippen LogP contribution in [0.5, 0.6) is 5.75 Å². The Morgan fingerprint density at radius 3 is 2.18 bits per heavy atom. The Balaban J connectivity index is 1.06. The van der Waals surface area contributed by atoms with Gasteiger partial charge in [-0.1, -0.05) is 54.6 Å². The van der Waals surface area contributed by atoms with Gasteiger partial charge < -0.3 is 9.47 Å². The lowest BCUT2D eigenvalue weighted by Gasteiger charge is -2.53. The van der Waals surface area contributed by atoms with E-state index in [0.717, 1.165) is 40.0 Å². The van der Waals surface area contributed by atoms with Crippen LogP contribution < -0.4 is 10.1 Å². The molecule has 174 valence electrons. The third kappa shape index (κ3) is 4.54. The van der Waals surface area contributed by atoms with Gasteiger partial charge in [-0.3, -0.25) is 5.32 Å². The van der Waals surface area contributed by atoms with E-state index in [-0.39, 0.29) is 12.2 Å². The van der Waals surface area contributed by atoms with Gasteiger partial charge in [0, 0.05) is 5.69 Å². The predicted octanol–water partition coefficient (Wildman–Crippen LogP) is 7.31. The minimum atomic E-state index is -0.318. The fourth-order valence-corrected chi connectivity index (χ4v) is 6.59. The second-order valence-corrected chi connectivity index (χ2v) is 10.3. The summed E-state index contributed by atoms with van der Waals surface area (Å²) in [4.78, 5) is 12.6. The number of hydrogen-bond donors (Lipinski definition) is 1. The van der Waals surface area contributed by atoms with E-state index in [4.69, 9.17) is 9.47 Å². The van der Waals surface area contributed by atoms with E-state index in [9.17, 15) is 4.79 Å². The normalized spacial score (nSPS) is 26.8. The van der Waals surface area contributed by atoms with Crippen molar-refractivity contribution in [1.82, 2.24) is 0 Å². The first-order valence-electron chi connectivity index (χ1n) is 12.5. The topological polar surface area (TPSA) is 47.6 Å². The van der Waals surface area contributed by atoms with Gasteiger partial charge in [-0.2, -0.15) is 0 Å². The van der Waals surface area contributed by atoms with Gasteiger partial charge in [0.15, 0.2) is 0 Å². The molecule has 4 saturated carbocycles. The Morgan fingerprint density at radius 1 is 0.765 bits per heavy atom. The van der Waals surface area contributed by atoms with E-state index < -0.39 is 0 Å². The van der Waals surface area contributed by atoms with Crippen LogP contribution in [-0.2, 0) is 11.3 Å². The molecule has 0 spiro atoms. The van der Waals surface area contributed by atoms with Gasteiger partial charge in [-0.15, -0.1) is 0 Å². The van der Waals surface area contributed by atoms with Crippen molar-refractivity contribution in [2.75, 3.05) is 5.32 Å². The molecule has 0 unspecified atom stereocenters. The van der Waals surface area contributed by atoms with Crippen LogP contribution >= 0.6 is 0 Å². The number of rotatable bonds is 6. The number of anilines is 1. The van der Waals surface area contributed by atoms with Gasteiger partial charge in [0.25, 0.3) is 0 Å². The lowest BCUT2D eigenvalue weighted by atomic mass is 9.55. The smallest absolute Gasteiger partial charge is 0.411 e. The minimum Gasteiger partial charge on any atom is -0.489 e. The molecule has 0 atom stereocenters. The summed E-state index contributed by atoms with van der Waals surface area (Å²) >= 11 is 0. The molecule has 3 aromatic carbocycles. The Bertz CT molecular complexity index is 1110. The standard InChI is InChI=1S/C30H31NO3/c32-30(34-29-25-14-21-13-22(16-25)17-26(29)15-21)31-27-11-9-23(10-12-27)24-7-4-8-28(18-24)33-19-20-5-2-1-3-6-20/h1-12,18,21-22,25-26,29H,13-17,19H2,(H,31,32). The largest absolute Gasteiger partial charge is 0.489 e. The number of amides is 1. The summed E-state index contributed by atoms with van der Waals surface area (Å²) < 4.78 is 11.9. The Hall–Kier alpha value is -3.27. The Labute approximate surface area is 201 Å². The first kappa shape index (κ1) is 21.3. The minimum absolute atomic E-state index is 0.102. The van der Waals surface area contributed by atoms with E-state index in [0.29, 0.717) is 18.4 Å². The van der Waals surface area contributed by atoms with Gasteiger partial charge >= 0.3 is 6.09 Å². The molecule has 4 aliphatic carbocycles. The molecular formula is C30H31NO3. The van der Waals surface area contributed by atoms with Gasteiger partial charge in [0.2, 0.25) is 0 Å². The highest BCUT2D eigenvalue weighted by Gasteiger charge is 2.49. The molecule has 4 bridgehead atoms. The van der Waals surface area contributed by atoms with Crippen molar-refractivity contribution in [3.05, 3.63) is 84.4 Å². The van der Waals surface area contributed by atoms with Crippen LogP contribution in [0.15, 0.2) is 78.9 Å². The van der Waals surface area contributed by atoms with Gasteiger partial charge in [0.05, 0.1) is 0 Å². The maximum atomic E-state index is 12.6. The summed E-state index contributed by atoms with van der Waals surface area (Å²) in [6.45, 7) is 0.541. The van der Waals surface area contributed by atoms with E-state index in [2.05, 4.69) is 23.5 Å². The number of hydrogen-bond acceptors (Lipinski definition) is 3. The highest BCUT2D eigenvalue weighted by atomic mass is 16.6. The summed E-state index contributed by atoms with van der Waals surface area (Å²) in [5.74, 6) is 3.73. The summed E-state index contributed by atoms with van der Waals surface area (Å²) in [7, 11) is 0. The Kier molecular flexibility index (Phi) is 5.74. The lowest BCUT2D eigenvalue weighted by Crippen LogP contribution is -2.50. The zero-order valence-electron chi connectivity index (χ0n) is 19.4. The van der Waals surface area contributed by atoms with Gasteiger partial charge in [0.1, 0.15) is 18.5 Å². The third-order valence-corrected chi connectivity index (χ3v) is 7.93. The molecule has 0 heterocycles. The maximum absolute atomic E-state index is 12.6. The average molecular weight is 454 g/mol. The van der Waals surface area contributed by atoms with Gasteiger partial charge in [-0.25, -0.2) is 4.79 Å². The first-order chi connectivity index (χ1) is 16.7. The van der Waals surface area contributed by atoms with Crippen LogP contribution in [0.25, 0.3) is 11.1 Å². The van der Waals surface area contributed by atoms with Gasteiger partial charge in [-0.05, 0) is 96.7 Å². The highest BCUT2D eigenvalue weighted by Crippen LogP contribution is 2.54. The zero-order chi connectivity index (χ0) is 22.9. The molecule has 4 heteroatoms. The van der Waals surface area contributed by atoms with Crippen molar-refractivity contribution < 1.29 is 14.3 Å². The molecule has 3 aromatic rings. The number of benzene rings is 3. The molecule has 1 amide bonds. The van der Waals surface area contributed by atoms with Crippen LogP contribution in [0.4, 0.5) is 10.5 Å².